The minimum atomic E-state index is -4.01. The number of hydrogen-bond acceptors (Lipinski definition) is 5. The molecule has 0 atom stereocenters. The van der Waals surface area contributed by atoms with Crippen LogP contribution in [0.5, 0.6) is 0 Å². The maximum Gasteiger partial charge on any atom is 0.296 e. The van der Waals surface area contributed by atoms with Crippen LogP contribution in [0.4, 0.5) is 5.82 Å². The Morgan fingerprint density at radius 2 is 1.72 bits per heavy atom. The van der Waals surface area contributed by atoms with E-state index in [1.54, 1.807) is 24.3 Å². The minimum Gasteiger partial charge on any atom is -0.359 e. The predicted octanol–water partition coefficient (Wildman–Crippen LogP) is 6.27. The van der Waals surface area contributed by atoms with Crippen LogP contribution in [-0.2, 0) is 10.0 Å². The lowest BCUT2D eigenvalue weighted by Gasteiger charge is -2.13. The van der Waals surface area contributed by atoms with Gasteiger partial charge in [0.25, 0.3) is 15.8 Å². The third kappa shape index (κ3) is 3.19. The van der Waals surface area contributed by atoms with E-state index in [0.29, 0.717) is 32.9 Å². The second kappa shape index (κ2) is 7.88. The van der Waals surface area contributed by atoms with Gasteiger partial charge in [-0.05, 0) is 41.8 Å². The summed E-state index contributed by atoms with van der Waals surface area (Å²) in [6.07, 6.45) is 2.95. The van der Waals surface area contributed by atoms with Crippen LogP contribution in [0, 0.1) is 6.57 Å². The molecule has 0 fully saturated rings. The van der Waals surface area contributed by atoms with E-state index in [-0.39, 0.29) is 10.7 Å². The average Bonchev–Trinajstić information content (AvgIpc) is 3.45. The number of rotatable bonds is 4. The highest BCUT2D eigenvalue weighted by molar-refractivity contribution is 7.90. The van der Waals surface area contributed by atoms with Gasteiger partial charge in [0, 0.05) is 16.0 Å². The Hall–Kier alpha value is -3.51. The Morgan fingerprint density at radius 3 is 2.44 bits per heavy atom. The second-order valence-corrected chi connectivity index (χ2v) is 9.95. The maximum atomic E-state index is 13.9. The van der Waals surface area contributed by atoms with Gasteiger partial charge in [0.05, 0.1) is 32.9 Å². The van der Waals surface area contributed by atoms with Crippen LogP contribution >= 0.6 is 22.9 Å². The summed E-state index contributed by atoms with van der Waals surface area (Å²) < 4.78 is 29.1. The number of para-hydroxylation sites is 1. The van der Waals surface area contributed by atoms with Crippen molar-refractivity contribution in [1.29, 1.82) is 0 Å². The van der Waals surface area contributed by atoms with Crippen LogP contribution < -0.4 is 0 Å². The number of fused-ring (bicyclic) bond motifs is 1. The van der Waals surface area contributed by atoms with E-state index in [1.807, 2.05) is 29.6 Å². The molecule has 2 aromatic carbocycles. The van der Waals surface area contributed by atoms with Crippen molar-refractivity contribution in [2.45, 2.75) is 4.90 Å². The van der Waals surface area contributed by atoms with Crippen molar-refractivity contribution in [2.24, 2.45) is 0 Å². The first kappa shape index (κ1) is 20.4. The molecule has 3 aromatic heterocycles. The average molecular weight is 477 g/mol. The van der Waals surface area contributed by atoms with Crippen LogP contribution in [0.25, 0.3) is 37.6 Å². The van der Waals surface area contributed by atoms with Gasteiger partial charge >= 0.3 is 0 Å². The van der Waals surface area contributed by atoms with Crippen molar-refractivity contribution >= 4 is 49.7 Å². The lowest BCUT2D eigenvalue weighted by molar-refractivity contribution is 0.589. The fourth-order valence-corrected chi connectivity index (χ4v) is 6.13. The Balaban J connectivity index is 1.97. The van der Waals surface area contributed by atoms with Gasteiger partial charge in [-0.15, -0.1) is 16.3 Å². The van der Waals surface area contributed by atoms with E-state index in [2.05, 4.69) is 14.8 Å². The van der Waals surface area contributed by atoms with Gasteiger partial charge in [-0.1, -0.05) is 42.4 Å². The quantitative estimate of drug-likeness (QED) is 0.287. The first-order valence-corrected chi connectivity index (χ1v) is 12.1. The number of nitrogens with zero attached hydrogens (tertiary/aromatic N) is 4. The molecule has 9 heteroatoms. The zero-order valence-electron chi connectivity index (χ0n) is 16.3. The molecular weight excluding hydrogens is 464 g/mol. The van der Waals surface area contributed by atoms with Crippen molar-refractivity contribution < 1.29 is 8.42 Å². The monoisotopic (exact) mass is 476 g/mol. The molecule has 0 N–H and O–H groups in total. The SMILES string of the molecule is [C-]#[N+]c1nccnc1-c1c(-c2cccs2)n(S(=O)(=O)c2ccc(Cl)cc2)c2ccccc12. The van der Waals surface area contributed by atoms with E-state index >= 15 is 0 Å². The molecule has 0 spiro atoms. The van der Waals surface area contributed by atoms with Gasteiger partial charge in [-0.25, -0.2) is 12.4 Å². The molecule has 5 rings (SSSR count). The van der Waals surface area contributed by atoms with Gasteiger partial charge in [0.15, 0.2) is 0 Å². The summed E-state index contributed by atoms with van der Waals surface area (Å²) in [5.74, 6) is 0.108. The van der Waals surface area contributed by atoms with E-state index < -0.39 is 10.0 Å². The highest BCUT2D eigenvalue weighted by Crippen LogP contribution is 2.45. The number of halogens is 1. The minimum absolute atomic E-state index is 0.108. The summed E-state index contributed by atoms with van der Waals surface area (Å²) >= 11 is 7.40. The molecule has 3 heterocycles. The van der Waals surface area contributed by atoms with Gasteiger partial charge in [-0.3, -0.25) is 4.98 Å². The molecule has 0 unspecified atom stereocenters. The molecule has 6 nitrogen and oxygen atoms in total. The molecule has 0 radical (unpaired) electrons. The summed E-state index contributed by atoms with van der Waals surface area (Å²) in [6.45, 7) is 7.56. The third-order valence-corrected chi connectivity index (χ3v) is 7.82. The highest BCUT2D eigenvalue weighted by atomic mass is 35.5. The topological polar surface area (TPSA) is 69.2 Å². The molecule has 0 aliphatic heterocycles. The van der Waals surface area contributed by atoms with Crippen molar-refractivity contribution in [1.82, 2.24) is 13.9 Å². The number of thiophene rings is 1. The Bertz CT molecular complexity index is 1600. The number of aromatic nitrogens is 3. The van der Waals surface area contributed by atoms with Gasteiger partial charge in [0.1, 0.15) is 6.20 Å². The van der Waals surface area contributed by atoms with Crippen LogP contribution in [0.15, 0.2) is 83.3 Å². The molecule has 5 aromatic rings. The fraction of sp³-hybridized carbons (Fsp3) is 0. The summed E-state index contributed by atoms with van der Waals surface area (Å²) in [5, 5.41) is 2.99. The first-order chi connectivity index (χ1) is 15.5. The highest BCUT2D eigenvalue weighted by Gasteiger charge is 2.30. The first-order valence-electron chi connectivity index (χ1n) is 9.39. The molecule has 0 bridgehead atoms. The Kier molecular flexibility index (Phi) is 5.02. The largest absolute Gasteiger partial charge is 0.359 e. The molecule has 0 aliphatic carbocycles. The van der Waals surface area contributed by atoms with Crippen molar-refractivity contribution in [3.8, 4) is 21.8 Å². The molecule has 156 valence electrons. The standard InChI is InChI=1S/C23H13ClN4O2S2/c1-25-23-21(26-12-13-27-23)20-17-5-2-3-6-18(17)28(22(20)19-7-4-14-31-19)32(29,30)16-10-8-15(24)9-11-16/h2-14H. The van der Waals surface area contributed by atoms with Gasteiger partial charge in [-0.2, -0.15) is 0 Å². The van der Waals surface area contributed by atoms with Crippen LogP contribution in [0.1, 0.15) is 0 Å². The van der Waals surface area contributed by atoms with Crippen LogP contribution in [0.2, 0.25) is 5.02 Å². The summed E-state index contributed by atoms with van der Waals surface area (Å²) in [6, 6.07) is 17.0. The zero-order valence-corrected chi connectivity index (χ0v) is 18.7. The molecule has 0 aliphatic rings. The molecule has 0 amide bonds. The molecule has 0 saturated carbocycles. The molecular formula is C23H13ClN4O2S2. The fourth-order valence-electron chi connectivity index (χ4n) is 3.64. The molecule has 32 heavy (non-hydrogen) atoms. The van der Waals surface area contributed by atoms with Crippen LogP contribution in [0.3, 0.4) is 0 Å². The third-order valence-electron chi connectivity index (χ3n) is 4.96. The summed E-state index contributed by atoms with van der Waals surface area (Å²) in [4.78, 5) is 12.9. The van der Waals surface area contributed by atoms with E-state index in [1.165, 1.54) is 39.8 Å². The summed E-state index contributed by atoms with van der Waals surface area (Å²) in [5.41, 5.74) is 1.83. The Labute approximate surface area is 193 Å². The van der Waals surface area contributed by atoms with E-state index in [0.717, 1.165) is 4.88 Å². The second-order valence-electron chi connectivity index (χ2n) is 6.78. The normalized spacial score (nSPS) is 11.5. The zero-order chi connectivity index (χ0) is 22.3. The summed E-state index contributed by atoms with van der Waals surface area (Å²) in [7, 11) is -4.01. The van der Waals surface area contributed by atoms with Gasteiger partial charge in [0.2, 0.25) is 0 Å². The van der Waals surface area contributed by atoms with Gasteiger partial charge < -0.3 is 4.85 Å². The number of hydrogen-bond donors (Lipinski definition) is 0. The lowest BCUT2D eigenvalue weighted by Crippen LogP contribution is -2.14. The van der Waals surface area contributed by atoms with E-state index in [4.69, 9.17) is 18.2 Å². The Morgan fingerprint density at radius 1 is 0.969 bits per heavy atom. The lowest BCUT2D eigenvalue weighted by atomic mass is 10.1. The van der Waals surface area contributed by atoms with Crippen molar-refractivity contribution in [2.75, 3.05) is 0 Å². The smallest absolute Gasteiger partial charge is 0.296 e. The van der Waals surface area contributed by atoms with E-state index in [9.17, 15) is 8.42 Å². The molecule has 0 saturated heterocycles. The maximum absolute atomic E-state index is 13.9. The van der Waals surface area contributed by atoms with Crippen LogP contribution in [-0.4, -0.2) is 22.4 Å². The van der Waals surface area contributed by atoms with Crippen molar-refractivity contribution in [3.63, 3.8) is 0 Å². The predicted molar refractivity (Wildman–Crippen MR) is 127 cm³/mol. The van der Waals surface area contributed by atoms with Crippen molar-refractivity contribution in [3.05, 3.63) is 94.9 Å². The number of benzene rings is 2.